The molecule has 0 spiro atoms. The fraction of sp³-hybridized carbons (Fsp3) is 0.200. The van der Waals surface area contributed by atoms with Crippen molar-refractivity contribution in [2.24, 2.45) is 0 Å². The van der Waals surface area contributed by atoms with Crippen molar-refractivity contribution in [3.8, 4) is 0 Å². The normalized spacial score (nSPS) is 10.8. The number of H-pyrrole nitrogens is 1. The van der Waals surface area contributed by atoms with Gasteiger partial charge in [0.25, 0.3) is 0 Å². The van der Waals surface area contributed by atoms with E-state index in [0.717, 1.165) is 27.6 Å². The van der Waals surface area contributed by atoms with Gasteiger partial charge in [-0.05, 0) is 38.0 Å². The molecule has 0 bridgehead atoms. The van der Waals surface area contributed by atoms with Gasteiger partial charge in [-0.3, -0.25) is 4.79 Å². The quantitative estimate of drug-likeness (QED) is 0.580. The molecule has 0 saturated heterocycles. The number of carbonyl (C=O) groups excluding carboxylic acids is 2. The van der Waals surface area contributed by atoms with E-state index in [2.05, 4.69) is 4.98 Å². The summed E-state index contributed by atoms with van der Waals surface area (Å²) in [5.41, 5.74) is 4.85. The zero-order valence-electron chi connectivity index (χ0n) is 14.0. The number of Topliss-reactive ketones (excluding diaryl/α,β-unsaturated/α-hetero) is 1. The van der Waals surface area contributed by atoms with Crippen LogP contribution in [0.1, 0.15) is 37.4 Å². The molecule has 1 aromatic heterocycles. The molecule has 1 N–H and O–H groups in total. The summed E-state index contributed by atoms with van der Waals surface area (Å²) in [5.74, 6) is -0.679. The molecule has 0 aliphatic rings. The molecule has 0 radical (unpaired) electrons. The van der Waals surface area contributed by atoms with Gasteiger partial charge in [0.1, 0.15) is 0 Å². The third-order valence-electron chi connectivity index (χ3n) is 4.10. The molecular weight excluding hydrogens is 302 g/mol. The van der Waals surface area contributed by atoms with Gasteiger partial charge in [-0.1, -0.05) is 35.9 Å². The van der Waals surface area contributed by atoms with Crippen LogP contribution in [0.25, 0.3) is 10.9 Å². The number of aromatic amines is 1. The highest BCUT2D eigenvalue weighted by Crippen LogP contribution is 2.20. The number of aryl methyl sites for hydroxylation is 3. The van der Waals surface area contributed by atoms with Crippen LogP contribution in [0.2, 0.25) is 0 Å². The van der Waals surface area contributed by atoms with Crippen molar-refractivity contribution in [1.29, 1.82) is 0 Å². The third kappa shape index (κ3) is 2.95. The highest BCUT2D eigenvalue weighted by atomic mass is 16.5. The van der Waals surface area contributed by atoms with Crippen molar-refractivity contribution in [2.45, 2.75) is 20.8 Å². The minimum Gasteiger partial charge on any atom is -0.454 e. The van der Waals surface area contributed by atoms with E-state index in [1.807, 2.05) is 57.2 Å². The van der Waals surface area contributed by atoms with Gasteiger partial charge in [-0.25, -0.2) is 4.79 Å². The van der Waals surface area contributed by atoms with Crippen molar-refractivity contribution in [1.82, 2.24) is 4.98 Å². The molecule has 122 valence electrons. The number of ether oxygens (including phenoxy) is 1. The summed E-state index contributed by atoms with van der Waals surface area (Å²) in [4.78, 5) is 27.8. The van der Waals surface area contributed by atoms with Crippen molar-refractivity contribution in [2.75, 3.05) is 6.61 Å². The largest absolute Gasteiger partial charge is 0.454 e. The smallest absolute Gasteiger partial charge is 0.340 e. The van der Waals surface area contributed by atoms with Gasteiger partial charge < -0.3 is 9.72 Å². The fourth-order valence-corrected chi connectivity index (χ4v) is 3.14. The monoisotopic (exact) mass is 321 g/mol. The third-order valence-corrected chi connectivity index (χ3v) is 4.10. The average Bonchev–Trinajstić information content (AvgIpc) is 2.95. The van der Waals surface area contributed by atoms with Crippen molar-refractivity contribution in [3.63, 3.8) is 0 Å². The summed E-state index contributed by atoms with van der Waals surface area (Å²) in [6, 6.07) is 11.4. The van der Waals surface area contributed by atoms with Crippen molar-refractivity contribution in [3.05, 3.63) is 70.4 Å². The predicted molar refractivity (Wildman–Crippen MR) is 93.6 cm³/mol. The molecule has 1 heterocycles. The van der Waals surface area contributed by atoms with E-state index in [9.17, 15) is 9.59 Å². The maximum atomic E-state index is 12.5. The minimum absolute atomic E-state index is 0.182. The van der Waals surface area contributed by atoms with E-state index < -0.39 is 5.97 Å². The number of para-hydroxylation sites is 1. The lowest BCUT2D eigenvalue weighted by molar-refractivity contribution is 0.0476. The Bertz CT molecular complexity index is 914. The predicted octanol–water partition coefficient (Wildman–Crippen LogP) is 4.13. The van der Waals surface area contributed by atoms with E-state index in [4.69, 9.17) is 4.74 Å². The minimum atomic E-state index is -0.497. The number of ketones is 1. The zero-order chi connectivity index (χ0) is 17.3. The second-order valence-corrected chi connectivity index (χ2v) is 6.02. The number of esters is 1. The second-order valence-electron chi connectivity index (χ2n) is 6.02. The van der Waals surface area contributed by atoms with Crippen molar-refractivity contribution >= 4 is 22.7 Å². The van der Waals surface area contributed by atoms with Crippen LogP contribution in [0.4, 0.5) is 0 Å². The number of hydrogen-bond acceptors (Lipinski definition) is 3. The molecule has 4 heteroatoms. The highest BCUT2D eigenvalue weighted by molar-refractivity contribution is 6.06. The summed E-state index contributed by atoms with van der Waals surface area (Å²) in [6.45, 7) is 5.53. The Morgan fingerprint density at radius 3 is 2.42 bits per heavy atom. The molecule has 0 saturated carbocycles. The topological polar surface area (TPSA) is 59.2 Å². The standard InChI is InChI=1S/C20H19NO3/c1-12-8-13(2)19(14(3)9-12)18(22)11-24-20(23)16-10-21-17-7-5-4-6-15(16)17/h4-10,21H,11H2,1-3H3. The van der Waals surface area contributed by atoms with Crippen LogP contribution in [-0.2, 0) is 4.74 Å². The Hall–Kier alpha value is -2.88. The van der Waals surface area contributed by atoms with Crippen LogP contribution < -0.4 is 0 Å². The second kappa shape index (κ2) is 6.32. The Labute approximate surface area is 140 Å². The van der Waals surface area contributed by atoms with Crippen LogP contribution in [0, 0.1) is 20.8 Å². The summed E-state index contributed by atoms with van der Waals surface area (Å²) < 4.78 is 5.24. The number of rotatable bonds is 4. The Morgan fingerprint density at radius 1 is 1.04 bits per heavy atom. The lowest BCUT2D eigenvalue weighted by Crippen LogP contribution is -2.16. The molecule has 0 fully saturated rings. The van der Waals surface area contributed by atoms with Crippen LogP contribution in [0.15, 0.2) is 42.6 Å². The first-order valence-corrected chi connectivity index (χ1v) is 7.81. The first kappa shape index (κ1) is 16.0. The van der Waals surface area contributed by atoms with Crippen LogP contribution >= 0.6 is 0 Å². The van der Waals surface area contributed by atoms with E-state index in [0.29, 0.717) is 11.1 Å². The molecule has 0 unspecified atom stereocenters. The Morgan fingerprint density at radius 2 is 1.71 bits per heavy atom. The Kier molecular flexibility index (Phi) is 4.21. The summed E-state index contributed by atoms with van der Waals surface area (Å²) in [7, 11) is 0. The number of aromatic nitrogens is 1. The molecule has 4 nitrogen and oxygen atoms in total. The number of fused-ring (bicyclic) bond motifs is 1. The maximum absolute atomic E-state index is 12.5. The molecule has 3 rings (SSSR count). The average molecular weight is 321 g/mol. The van der Waals surface area contributed by atoms with E-state index in [1.54, 1.807) is 6.20 Å². The lowest BCUT2D eigenvalue weighted by Gasteiger charge is -2.10. The summed E-state index contributed by atoms with van der Waals surface area (Å²) >= 11 is 0. The number of hydrogen-bond donors (Lipinski definition) is 1. The molecule has 3 aromatic rings. The van der Waals surface area contributed by atoms with Crippen LogP contribution in [0.5, 0.6) is 0 Å². The summed E-state index contributed by atoms with van der Waals surface area (Å²) in [5, 5.41) is 0.789. The van der Waals surface area contributed by atoms with E-state index in [-0.39, 0.29) is 12.4 Å². The first-order valence-electron chi connectivity index (χ1n) is 7.81. The van der Waals surface area contributed by atoms with Gasteiger partial charge in [-0.2, -0.15) is 0 Å². The molecule has 0 aliphatic heterocycles. The fourth-order valence-electron chi connectivity index (χ4n) is 3.14. The zero-order valence-corrected chi connectivity index (χ0v) is 14.0. The highest BCUT2D eigenvalue weighted by Gasteiger charge is 2.18. The van der Waals surface area contributed by atoms with Gasteiger partial charge in [0.05, 0.1) is 5.56 Å². The molecule has 0 atom stereocenters. The Balaban J connectivity index is 1.76. The lowest BCUT2D eigenvalue weighted by atomic mass is 9.97. The molecule has 2 aromatic carbocycles. The SMILES string of the molecule is Cc1cc(C)c(C(=O)COC(=O)c2c[nH]c3ccccc23)c(C)c1. The number of nitrogens with one attached hydrogen (secondary N) is 1. The van der Waals surface area contributed by atoms with Gasteiger partial charge >= 0.3 is 5.97 Å². The number of carbonyl (C=O) groups is 2. The summed E-state index contributed by atoms with van der Waals surface area (Å²) in [6.07, 6.45) is 1.61. The van der Waals surface area contributed by atoms with Crippen molar-refractivity contribution < 1.29 is 14.3 Å². The van der Waals surface area contributed by atoms with Gasteiger partial charge in [0.2, 0.25) is 5.78 Å². The molecular formula is C20H19NO3. The van der Waals surface area contributed by atoms with Gasteiger partial charge in [0.15, 0.2) is 6.61 Å². The molecule has 0 amide bonds. The van der Waals surface area contributed by atoms with E-state index in [1.165, 1.54) is 0 Å². The van der Waals surface area contributed by atoms with E-state index >= 15 is 0 Å². The first-order chi connectivity index (χ1) is 11.5. The number of benzene rings is 2. The van der Waals surface area contributed by atoms with Crippen LogP contribution in [-0.4, -0.2) is 23.3 Å². The van der Waals surface area contributed by atoms with Gasteiger partial charge in [0, 0.05) is 22.7 Å². The van der Waals surface area contributed by atoms with Gasteiger partial charge in [-0.15, -0.1) is 0 Å². The maximum Gasteiger partial charge on any atom is 0.340 e. The van der Waals surface area contributed by atoms with Crippen LogP contribution in [0.3, 0.4) is 0 Å². The molecule has 0 aliphatic carbocycles. The molecule has 24 heavy (non-hydrogen) atoms.